The number of aromatic amines is 1. The van der Waals surface area contributed by atoms with E-state index in [0.29, 0.717) is 43.9 Å². The number of ketones is 1. The number of rotatable bonds is 5. The van der Waals surface area contributed by atoms with Crippen molar-refractivity contribution < 1.29 is 27.4 Å². The summed E-state index contributed by atoms with van der Waals surface area (Å²) in [5.74, 6) is 1.55. The predicted octanol–water partition coefficient (Wildman–Crippen LogP) is 8.25. The molecule has 0 spiro atoms. The second-order valence-corrected chi connectivity index (χ2v) is 8.21. The topological polar surface area (TPSA) is 51.3 Å². The maximum atomic E-state index is 12.9. The van der Waals surface area contributed by atoms with Crippen molar-refractivity contribution in [3.05, 3.63) is 88.0 Å². The van der Waals surface area contributed by atoms with Gasteiger partial charge in [0.05, 0.1) is 11.3 Å². The maximum Gasteiger partial charge on any atom is 0.416 e. The summed E-state index contributed by atoms with van der Waals surface area (Å²) < 4.78 is 49.4. The van der Waals surface area contributed by atoms with Crippen LogP contribution in [0.3, 0.4) is 0 Å². The molecule has 0 unspecified atom stereocenters. The third-order valence-electron chi connectivity index (χ3n) is 4.54. The molecule has 1 aromatic heterocycles. The Morgan fingerprint density at radius 3 is 2.00 bits per heavy atom. The Kier molecular flexibility index (Phi) is 8.12. The van der Waals surface area contributed by atoms with Crippen molar-refractivity contribution in [3.8, 4) is 17.2 Å². The van der Waals surface area contributed by atoms with Gasteiger partial charge in [0, 0.05) is 20.9 Å². The number of aromatic nitrogens is 1. The maximum absolute atomic E-state index is 12.9. The lowest BCUT2D eigenvalue weighted by Gasteiger charge is -2.08. The van der Waals surface area contributed by atoms with E-state index < -0.39 is 11.7 Å². The van der Waals surface area contributed by atoms with Crippen molar-refractivity contribution in [1.82, 2.24) is 4.98 Å². The van der Waals surface area contributed by atoms with E-state index >= 15 is 0 Å². The van der Waals surface area contributed by atoms with Crippen LogP contribution in [0.25, 0.3) is 10.9 Å². The van der Waals surface area contributed by atoms with Crippen LogP contribution in [0.2, 0.25) is 10.0 Å². The normalized spacial score (nSPS) is 11.0. The van der Waals surface area contributed by atoms with Crippen molar-refractivity contribution in [3.63, 3.8) is 0 Å². The second kappa shape index (κ2) is 10.8. The van der Waals surface area contributed by atoms with Crippen LogP contribution in [-0.4, -0.2) is 17.4 Å². The number of carbonyl (C=O) groups is 1. The van der Waals surface area contributed by atoms with Gasteiger partial charge in [0.2, 0.25) is 0 Å². The van der Waals surface area contributed by atoms with E-state index in [9.17, 15) is 18.0 Å². The van der Waals surface area contributed by atoms with Gasteiger partial charge in [0.1, 0.15) is 18.1 Å². The zero-order chi connectivity index (χ0) is 24.9. The van der Waals surface area contributed by atoms with Crippen molar-refractivity contribution >= 4 is 39.9 Å². The molecule has 4 nitrogen and oxygen atoms in total. The van der Waals surface area contributed by atoms with Gasteiger partial charge in [-0.3, -0.25) is 4.79 Å². The molecular formula is C25H20Cl2F3NO3. The molecule has 1 heterocycles. The first kappa shape index (κ1) is 25.5. The number of alkyl halides is 3. The van der Waals surface area contributed by atoms with Gasteiger partial charge < -0.3 is 14.5 Å². The molecule has 0 aliphatic heterocycles. The molecule has 0 atom stereocenters. The highest BCUT2D eigenvalue weighted by molar-refractivity contribution is 6.30. The van der Waals surface area contributed by atoms with E-state index in [1.54, 1.807) is 55.5 Å². The number of Topliss-reactive ketones (excluding diaryl/α,β-unsaturated/α-hetero) is 1. The van der Waals surface area contributed by atoms with E-state index in [2.05, 4.69) is 4.98 Å². The van der Waals surface area contributed by atoms with Crippen molar-refractivity contribution in [2.24, 2.45) is 0 Å². The van der Waals surface area contributed by atoms with E-state index in [-0.39, 0.29) is 12.4 Å². The number of nitrogens with one attached hydrogen (secondary N) is 1. The molecule has 4 aromatic rings. The van der Waals surface area contributed by atoms with Gasteiger partial charge in [0.15, 0.2) is 11.5 Å². The fourth-order valence-electron chi connectivity index (χ4n) is 2.95. The van der Waals surface area contributed by atoms with E-state index in [0.717, 1.165) is 12.1 Å². The number of fused-ring (bicyclic) bond motifs is 1. The van der Waals surface area contributed by atoms with Gasteiger partial charge in [-0.05, 0) is 80.6 Å². The number of carbonyl (C=O) groups excluding carboxylic acids is 1. The number of ether oxygens (including phenoxy) is 2. The summed E-state index contributed by atoms with van der Waals surface area (Å²) in [5, 5.41) is 1.61. The minimum atomic E-state index is -4.39. The van der Waals surface area contributed by atoms with Crippen LogP contribution < -0.4 is 9.47 Å². The summed E-state index contributed by atoms with van der Waals surface area (Å²) in [7, 11) is 0. The lowest BCUT2D eigenvalue weighted by molar-refractivity contribution is -0.137. The molecule has 0 saturated heterocycles. The van der Waals surface area contributed by atoms with Crippen molar-refractivity contribution in [2.45, 2.75) is 20.0 Å². The van der Waals surface area contributed by atoms with Crippen LogP contribution in [0, 0.1) is 6.92 Å². The zero-order valence-electron chi connectivity index (χ0n) is 18.2. The first-order chi connectivity index (χ1) is 16.0. The highest BCUT2D eigenvalue weighted by Crippen LogP contribution is 2.38. The Morgan fingerprint density at radius 1 is 0.912 bits per heavy atom. The molecule has 1 N–H and O–H groups in total. The molecule has 9 heteroatoms. The monoisotopic (exact) mass is 509 g/mol. The Bertz CT molecular complexity index is 1270. The molecule has 0 amide bonds. The summed E-state index contributed by atoms with van der Waals surface area (Å²) in [4.78, 5) is 13.6. The molecule has 0 aliphatic rings. The highest BCUT2D eigenvalue weighted by atomic mass is 35.5. The highest BCUT2D eigenvalue weighted by Gasteiger charge is 2.31. The van der Waals surface area contributed by atoms with Crippen LogP contribution in [0.4, 0.5) is 13.2 Å². The summed E-state index contributed by atoms with van der Waals surface area (Å²) >= 11 is 11.5. The fourth-order valence-corrected chi connectivity index (χ4v) is 3.20. The van der Waals surface area contributed by atoms with Crippen LogP contribution >= 0.6 is 23.2 Å². The Labute approximate surface area is 204 Å². The SMILES string of the molecule is CC(=O)COc1ccc(Cl)cc1.Cc1[nH]c2ccc(C(F)(F)F)cc2c1Oc1ccc(Cl)cc1. The van der Waals surface area contributed by atoms with Crippen LogP contribution in [0.5, 0.6) is 17.2 Å². The van der Waals surface area contributed by atoms with Gasteiger partial charge in [-0.15, -0.1) is 0 Å². The first-order valence-corrected chi connectivity index (χ1v) is 10.8. The Hall–Kier alpha value is -3.16. The van der Waals surface area contributed by atoms with Gasteiger partial charge in [-0.1, -0.05) is 23.2 Å². The number of benzene rings is 3. The third-order valence-corrected chi connectivity index (χ3v) is 5.05. The predicted molar refractivity (Wildman–Crippen MR) is 127 cm³/mol. The molecule has 4 rings (SSSR count). The number of halogens is 5. The summed E-state index contributed by atoms with van der Waals surface area (Å²) in [6.07, 6.45) is -4.39. The Morgan fingerprint density at radius 2 is 1.47 bits per heavy atom. The molecule has 0 fully saturated rings. The minimum Gasteiger partial charge on any atom is -0.486 e. The van der Waals surface area contributed by atoms with Gasteiger partial charge in [0.25, 0.3) is 0 Å². The van der Waals surface area contributed by atoms with E-state index in [1.807, 2.05) is 0 Å². The standard InChI is InChI=1S/C16H11ClF3NO.C9H9ClO2/c1-9-15(22-12-5-3-11(17)4-6-12)13-8-10(16(18,19)20)2-7-14(13)21-9;1-7(11)6-12-9-4-2-8(10)3-5-9/h2-8,21H,1H3;2-5H,6H2,1H3. The van der Waals surface area contributed by atoms with Crippen LogP contribution in [-0.2, 0) is 11.0 Å². The van der Waals surface area contributed by atoms with Gasteiger partial charge in [-0.25, -0.2) is 0 Å². The number of hydrogen-bond donors (Lipinski definition) is 1. The van der Waals surface area contributed by atoms with Gasteiger partial charge >= 0.3 is 6.18 Å². The van der Waals surface area contributed by atoms with E-state index in [4.69, 9.17) is 32.7 Å². The molecule has 0 radical (unpaired) electrons. The largest absolute Gasteiger partial charge is 0.486 e. The lowest BCUT2D eigenvalue weighted by Crippen LogP contribution is -2.06. The molecule has 0 saturated carbocycles. The third kappa shape index (κ3) is 6.92. The number of H-pyrrole nitrogens is 1. The molecule has 34 heavy (non-hydrogen) atoms. The second-order valence-electron chi connectivity index (χ2n) is 7.34. The molecule has 178 valence electrons. The fraction of sp³-hybridized carbons (Fsp3) is 0.160. The summed E-state index contributed by atoms with van der Waals surface area (Å²) in [5.41, 5.74) is 0.540. The van der Waals surface area contributed by atoms with Crippen molar-refractivity contribution in [2.75, 3.05) is 6.61 Å². The number of aryl methyl sites for hydroxylation is 1. The Balaban J connectivity index is 0.000000229. The average Bonchev–Trinajstić information content (AvgIpc) is 3.09. The van der Waals surface area contributed by atoms with Crippen molar-refractivity contribution in [1.29, 1.82) is 0 Å². The quantitative estimate of drug-likeness (QED) is 0.294. The minimum absolute atomic E-state index is 0.00458. The first-order valence-electron chi connectivity index (χ1n) is 10.0. The smallest absolute Gasteiger partial charge is 0.416 e. The summed E-state index contributed by atoms with van der Waals surface area (Å²) in [6.45, 7) is 3.34. The molecule has 0 bridgehead atoms. The van der Waals surface area contributed by atoms with Gasteiger partial charge in [-0.2, -0.15) is 13.2 Å². The lowest BCUT2D eigenvalue weighted by atomic mass is 10.1. The van der Waals surface area contributed by atoms with Crippen LogP contribution in [0.1, 0.15) is 18.2 Å². The van der Waals surface area contributed by atoms with E-state index in [1.165, 1.54) is 13.0 Å². The average molecular weight is 510 g/mol. The summed E-state index contributed by atoms with van der Waals surface area (Å²) in [6, 6.07) is 17.1. The molecular weight excluding hydrogens is 490 g/mol. The zero-order valence-corrected chi connectivity index (χ0v) is 19.7. The number of hydrogen-bond acceptors (Lipinski definition) is 3. The molecule has 0 aliphatic carbocycles. The van der Waals surface area contributed by atoms with Crippen LogP contribution in [0.15, 0.2) is 66.7 Å². The molecule has 3 aromatic carbocycles.